The normalized spacial score (nSPS) is 27.8. The maximum Gasteiger partial charge on any atom is 0.257 e. The predicted molar refractivity (Wildman–Crippen MR) is 69.7 cm³/mol. The van der Waals surface area contributed by atoms with Crippen molar-refractivity contribution in [2.24, 2.45) is 5.92 Å². The molecule has 102 valence electrons. The van der Waals surface area contributed by atoms with Crippen molar-refractivity contribution in [2.45, 2.75) is 44.6 Å². The van der Waals surface area contributed by atoms with Gasteiger partial charge in [-0.1, -0.05) is 0 Å². The van der Waals surface area contributed by atoms with E-state index in [9.17, 15) is 9.59 Å². The standard InChI is InChI=1S/C15H19NO3/c17-14-6-3-4-12(14)13-5-1-2-8-16(13)15(18)11-7-9-19-10-11/h7,9-10,12-13H,1-6,8H2. The molecule has 2 atom stereocenters. The molecule has 0 bridgehead atoms. The summed E-state index contributed by atoms with van der Waals surface area (Å²) in [6.07, 6.45) is 8.73. The average molecular weight is 261 g/mol. The van der Waals surface area contributed by atoms with Crippen LogP contribution in [0.1, 0.15) is 48.9 Å². The van der Waals surface area contributed by atoms with Crippen LogP contribution in [0, 0.1) is 5.92 Å². The van der Waals surface area contributed by atoms with Gasteiger partial charge in [-0.15, -0.1) is 0 Å². The lowest BCUT2D eigenvalue weighted by Gasteiger charge is -2.38. The van der Waals surface area contributed by atoms with E-state index in [2.05, 4.69) is 0 Å². The highest BCUT2D eigenvalue weighted by atomic mass is 16.3. The zero-order valence-corrected chi connectivity index (χ0v) is 11.0. The monoisotopic (exact) mass is 261 g/mol. The van der Waals surface area contributed by atoms with E-state index in [1.165, 1.54) is 12.5 Å². The van der Waals surface area contributed by atoms with Gasteiger partial charge in [-0.3, -0.25) is 9.59 Å². The molecule has 4 nitrogen and oxygen atoms in total. The Morgan fingerprint density at radius 3 is 2.84 bits per heavy atom. The number of carbonyl (C=O) groups excluding carboxylic acids is 2. The van der Waals surface area contributed by atoms with Crippen LogP contribution in [-0.2, 0) is 4.79 Å². The molecule has 0 N–H and O–H groups in total. The third kappa shape index (κ3) is 2.31. The van der Waals surface area contributed by atoms with E-state index in [1.807, 2.05) is 4.90 Å². The van der Waals surface area contributed by atoms with Crippen molar-refractivity contribution in [3.63, 3.8) is 0 Å². The first-order valence-corrected chi connectivity index (χ1v) is 7.13. The Morgan fingerprint density at radius 1 is 1.26 bits per heavy atom. The molecule has 19 heavy (non-hydrogen) atoms. The Hall–Kier alpha value is -1.58. The van der Waals surface area contributed by atoms with E-state index in [4.69, 9.17) is 4.42 Å². The van der Waals surface area contributed by atoms with Gasteiger partial charge in [0.15, 0.2) is 0 Å². The van der Waals surface area contributed by atoms with Crippen molar-refractivity contribution in [3.05, 3.63) is 24.2 Å². The van der Waals surface area contributed by atoms with E-state index >= 15 is 0 Å². The van der Waals surface area contributed by atoms with Crippen LogP contribution in [0.3, 0.4) is 0 Å². The minimum absolute atomic E-state index is 0.0122. The second-order valence-corrected chi connectivity index (χ2v) is 5.54. The van der Waals surface area contributed by atoms with Crippen LogP contribution in [0.15, 0.2) is 23.0 Å². The molecule has 1 saturated heterocycles. The SMILES string of the molecule is O=C1CCCC1C1CCCCN1C(=O)c1ccoc1. The number of carbonyl (C=O) groups is 2. The molecule has 1 aromatic rings. The molecule has 1 aliphatic carbocycles. The number of Topliss-reactive ketones (excluding diaryl/α,β-unsaturated/α-hetero) is 1. The molecule has 1 amide bonds. The number of piperidine rings is 1. The van der Waals surface area contributed by atoms with Gasteiger partial charge < -0.3 is 9.32 Å². The molecule has 3 rings (SSSR count). The zero-order chi connectivity index (χ0) is 13.2. The van der Waals surface area contributed by atoms with Crippen LogP contribution in [-0.4, -0.2) is 29.2 Å². The molecule has 2 fully saturated rings. The number of nitrogens with zero attached hydrogens (tertiary/aromatic N) is 1. The van der Waals surface area contributed by atoms with Gasteiger partial charge in [-0.2, -0.15) is 0 Å². The molecule has 2 aliphatic rings. The molecule has 0 radical (unpaired) electrons. The maximum absolute atomic E-state index is 12.5. The van der Waals surface area contributed by atoms with Crippen molar-refractivity contribution in [1.82, 2.24) is 4.90 Å². The zero-order valence-electron chi connectivity index (χ0n) is 11.0. The summed E-state index contributed by atoms with van der Waals surface area (Å²) >= 11 is 0. The maximum atomic E-state index is 12.5. The van der Waals surface area contributed by atoms with Crippen LogP contribution in [0.5, 0.6) is 0 Å². The molecule has 4 heteroatoms. The number of furan rings is 1. The summed E-state index contributed by atoms with van der Waals surface area (Å²) < 4.78 is 4.99. The summed E-state index contributed by atoms with van der Waals surface area (Å²) in [6.45, 7) is 0.762. The summed E-state index contributed by atoms with van der Waals surface area (Å²) in [7, 11) is 0. The largest absolute Gasteiger partial charge is 0.472 e. The van der Waals surface area contributed by atoms with Crippen molar-refractivity contribution >= 4 is 11.7 Å². The topological polar surface area (TPSA) is 50.5 Å². The second kappa shape index (κ2) is 5.19. The van der Waals surface area contributed by atoms with Gasteiger partial charge >= 0.3 is 0 Å². The van der Waals surface area contributed by atoms with E-state index in [0.29, 0.717) is 17.8 Å². The van der Waals surface area contributed by atoms with E-state index < -0.39 is 0 Å². The third-order valence-corrected chi connectivity index (χ3v) is 4.39. The Balaban J connectivity index is 1.81. The molecular formula is C15H19NO3. The first kappa shape index (κ1) is 12.5. The van der Waals surface area contributed by atoms with Crippen LogP contribution in [0.2, 0.25) is 0 Å². The average Bonchev–Trinajstić information content (AvgIpc) is 3.09. The van der Waals surface area contributed by atoms with Crippen molar-refractivity contribution in [1.29, 1.82) is 0 Å². The highest BCUT2D eigenvalue weighted by Gasteiger charge is 2.38. The summed E-state index contributed by atoms with van der Waals surface area (Å²) in [5, 5.41) is 0. The lowest BCUT2D eigenvalue weighted by atomic mass is 9.88. The second-order valence-electron chi connectivity index (χ2n) is 5.54. The molecule has 0 spiro atoms. The number of ketones is 1. The fraction of sp³-hybridized carbons (Fsp3) is 0.600. The minimum atomic E-state index is 0.0122. The van der Waals surface area contributed by atoms with E-state index in [-0.39, 0.29) is 17.9 Å². The fourth-order valence-electron chi connectivity index (χ4n) is 3.43. The lowest BCUT2D eigenvalue weighted by molar-refractivity contribution is -0.122. The number of likely N-dealkylation sites (tertiary alicyclic amines) is 1. The number of amides is 1. The summed E-state index contributed by atoms with van der Waals surface area (Å²) in [5.41, 5.74) is 0.595. The quantitative estimate of drug-likeness (QED) is 0.822. The highest BCUT2D eigenvalue weighted by Crippen LogP contribution is 2.33. The van der Waals surface area contributed by atoms with Gasteiger partial charge in [0.1, 0.15) is 12.0 Å². The smallest absolute Gasteiger partial charge is 0.257 e. The molecule has 1 aliphatic heterocycles. The lowest BCUT2D eigenvalue weighted by Crippen LogP contribution is -2.48. The molecular weight excluding hydrogens is 242 g/mol. The van der Waals surface area contributed by atoms with Gasteiger partial charge in [0.25, 0.3) is 5.91 Å². The molecule has 1 aromatic heterocycles. The van der Waals surface area contributed by atoms with Gasteiger partial charge in [0, 0.05) is 24.9 Å². The van der Waals surface area contributed by atoms with Gasteiger partial charge in [-0.05, 0) is 38.2 Å². The minimum Gasteiger partial charge on any atom is -0.472 e. The van der Waals surface area contributed by atoms with Crippen LogP contribution in [0.25, 0.3) is 0 Å². The summed E-state index contributed by atoms with van der Waals surface area (Å²) in [5.74, 6) is 0.422. The summed E-state index contributed by atoms with van der Waals surface area (Å²) in [4.78, 5) is 26.4. The number of hydrogen-bond donors (Lipinski definition) is 0. The van der Waals surface area contributed by atoms with E-state index in [1.54, 1.807) is 6.07 Å². The predicted octanol–water partition coefficient (Wildman–Crippen LogP) is 2.64. The summed E-state index contributed by atoms with van der Waals surface area (Å²) in [6, 6.07) is 1.80. The van der Waals surface area contributed by atoms with Crippen molar-refractivity contribution < 1.29 is 14.0 Å². The van der Waals surface area contributed by atoms with Crippen molar-refractivity contribution in [2.75, 3.05) is 6.54 Å². The van der Waals surface area contributed by atoms with Crippen LogP contribution in [0.4, 0.5) is 0 Å². The first-order chi connectivity index (χ1) is 9.27. The number of hydrogen-bond acceptors (Lipinski definition) is 3. The first-order valence-electron chi connectivity index (χ1n) is 7.13. The molecule has 2 heterocycles. The third-order valence-electron chi connectivity index (χ3n) is 4.39. The Kier molecular flexibility index (Phi) is 3.40. The van der Waals surface area contributed by atoms with Gasteiger partial charge in [-0.25, -0.2) is 0 Å². The number of rotatable bonds is 2. The molecule has 1 saturated carbocycles. The van der Waals surface area contributed by atoms with E-state index in [0.717, 1.165) is 38.6 Å². The fourth-order valence-corrected chi connectivity index (χ4v) is 3.43. The Morgan fingerprint density at radius 2 is 2.16 bits per heavy atom. The molecule has 2 unspecified atom stereocenters. The Labute approximate surface area is 112 Å². The Bertz CT molecular complexity index is 466. The van der Waals surface area contributed by atoms with Gasteiger partial charge in [0.2, 0.25) is 0 Å². The van der Waals surface area contributed by atoms with Gasteiger partial charge in [0.05, 0.1) is 11.8 Å². The van der Waals surface area contributed by atoms with Crippen LogP contribution < -0.4 is 0 Å². The highest BCUT2D eigenvalue weighted by molar-refractivity contribution is 5.94. The van der Waals surface area contributed by atoms with Crippen molar-refractivity contribution in [3.8, 4) is 0 Å². The molecule has 0 aromatic carbocycles. The van der Waals surface area contributed by atoms with Crippen LogP contribution >= 0.6 is 0 Å².